The lowest BCUT2D eigenvalue weighted by atomic mass is 9.88. The highest BCUT2D eigenvalue weighted by Gasteiger charge is 2.28. The monoisotopic (exact) mass is 346 g/mol. The van der Waals surface area contributed by atoms with Crippen molar-refractivity contribution in [3.63, 3.8) is 0 Å². The molecule has 0 saturated carbocycles. The number of nitrogens with two attached hydrogens (primary N) is 2. The van der Waals surface area contributed by atoms with Crippen LogP contribution in [0.5, 0.6) is 0 Å². The van der Waals surface area contributed by atoms with Crippen LogP contribution >= 0.6 is 0 Å². The third-order valence-corrected chi connectivity index (χ3v) is 4.86. The van der Waals surface area contributed by atoms with Crippen molar-refractivity contribution < 1.29 is 0 Å². The van der Waals surface area contributed by atoms with Gasteiger partial charge in [0.25, 0.3) is 0 Å². The third-order valence-electron chi connectivity index (χ3n) is 4.86. The second kappa shape index (κ2) is 7.09. The van der Waals surface area contributed by atoms with E-state index in [1.165, 1.54) is 16.7 Å². The maximum absolute atomic E-state index is 5.74. The number of nitrogen functional groups attached to an aromatic ring is 2. The Balaban J connectivity index is 1.66. The zero-order chi connectivity index (χ0) is 17.9. The van der Waals surface area contributed by atoms with Crippen molar-refractivity contribution in [1.29, 1.82) is 0 Å². The predicted molar refractivity (Wildman–Crippen MR) is 102 cm³/mol. The Kier molecular flexibility index (Phi) is 4.50. The molecule has 1 aromatic heterocycles. The molecular weight excluding hydrogens is 324 g/mol. The molecule has 0 saturated heterocycles. The molecule has 0 radical (unpaired) electrons. The molecule has 1 aliphatic rings. The summed E-state index contributed by atoms with van der Waals surface area (Å²) < 4.78 is 0. The van der Waals surface area contributed by atoms with E-state index in [1.807, 2.05) is 6.07 Å². The summed E-state index contributed by atoms with van der Waals surface area (Å²) in [4.78, 5) is 14.8. The summed E-state index contributed by atoms with van der Waals surface area (Å²) in [6.45, 7) is 1.54. The number of fused-ring (bicyclic) bond motifs is 1. The first-order valence-electron chi connectivity index (χ1n) is 8.81. The Bertz CT molecular complexity index is 876. The first-order valence-corrected chi connectivity index (χ1v) is 8.81. The van der Waals surface area contributed by atoms with Crippen LogP contribution in [0.2, 0.25) is 0 Å². The predicted octanol–water partition coefficient (Wildman–Crippen LogP) is 2.38. The Labute approximate surface area is 152 Å². The van der Waals surface area contributed by atoms with E-state index in [1.54, 1.807) is 0 Å². The molecule has 0 bridgehead atoms. The van der Waals surface area contributed by atoms with Crippen LogP contribution in [-0.2, 0) is 19.4 Å². The molecule has 1 aliphatic heterocycles. The van der Waals surface area contributed by atoms with E-state index < -0.39 is 0 Å². The van der Waals surface area contributed by atoms with Crippen LogP contribution < -0.4 is 11.5 Å². The number of rotatable bonds is 4. The van der Waals surface area contributed by atoms with Crippen molar-refractivity contribution in [2.45, 2.75) is 25.4 Å². The van der Waals surface area contributed by atoms with Gasteiger partial charge in [-0.25, -0.2) is 0 Å². The molecule has 6 nitrogen and oxygen atoms in total. The average Bonchev–Trinajstić information content (AvgIpc) is 2.64. The smallest absolute Gasteiger partial charge is 0.225 e. The molecule has 132 valence electrons. The largest absolute Gasteiger partial charge is 0.368 e. The maximum atomic E-state index is 5.74. The molecule has 0 amide bonds. The summed E-state index contributed by atoms with van der Waals surface area (Å²) in [5.41, 5.74) is 15.6. The lowest BCUT2D eigenvalue weighted by molar-refractivity contribution is 0.170. The van der Waals surface area contributed by atoms with Crippen molar-refractivity contribution in [2.24, 2.45) is 0 Å². The van der Waals surface area contributed by atoms with Crippen LogP contribution in [0.15, 0.2) is 54.6 Å². The summed E-state index contributed by atoms with van der Waals surface area (Å²) in [7, 11) is 0. The van der Waals surface area contributed by atoms with Crippen LogP contribution in [0.1, 0.15) is 28.6 Å². The van der Waals surface area contributed by atoms with Gasteiger partial charge >= 0.3 is 0 Å². The lowest BCUT2D eigenvalue weighted by Gasteiger charge is -2.37. The highest BCUT2D eigenvalue weighted by Crippen LogP contribution is 2.33. The highest BCUT2D eigenvalue weighted by molar-refractivity contribution is 5.34. The molecule has 4 N–H and O–H groups in total. The number of anilines is 2. The maximum Gasteiger partial charge on any atom is 0.225 e. The average molecular weight is 346 g/mol. The topological polar surface area (TPSA) is 93.9 Å². The van der Waals surface area contributed by atoms with Gasteiger partial charge in [-0.3, -0.25) is 4.90 Å². The molecule has 0 fully saturated rings. The first-order chi connectivity index (χ1) is 12.7. The van der Waals surface area contributed by atoms with Crippen LogP contribution in [0.25, 0.3) is 0 Å². The van der Waals surface area contributed by atoms with Crippen LogP contribution in [0.3, 0.4) is 0 Å². The Morgan fingerprint density at radius 2 is 1.58 bits per heavy atom. The molecule has 26 heavy (non-hydrogen) atoms. The van der Waals surface area contributed by atoms with Crippen molar-refractivity contribution in [2.75, 3.05) is 18.0 Å². The SMILES string of the molecule is Nc1nc(N)nc(CN2CCc3ccccc3[C@H]2Cc2ccccc2)n1. The van der Waals surface area contributed by atoms with E-state index >= 15 is 0 Å². The third kappa shape index (κ3) is 3.50. The standard InChI is InChI=1S/C20H22N6/c21-19-23-18(24-20(22)25-19)13-26-11-10-15-8-4-5-9-16(15)17(26)12-14-6-2-1-3-7-14/h1-9,17H,10-13H2,(H4,21,22,23,24,25)/t17-/m1/s1. The number of nitrogens with zero attached hydrogens (tertiary/aromatic N) is 4. The van der Waals surface area contributed by atoms with Crippen molar-refractivity contribution >= 4 is 11.9 Å². The Morgan fingerprint density at radius 1 is 0.885 bits per heavy atom. The van der Waals surface area contributed by atoms with Crippen LogP contribution in [0.4, 0.5) is 11.9 Å². The zero-order valence-corrected chi connectivity index (χ0v) is 14.5. The van der Waals surface area contributed by atoms with Gasteiger partial charge in [-0.15, -0.1) is 0 Å². The van der Waals surface area contributed by atoms with Gasteiger partial charge in [-0.1, -0.05) is 54.6 Å². The number of hydrogen-bond donors (Lipinski definition) is 2. The summed E-state index contributed by atoms with van der Waals surface area (Å²) in [6.07, 6.45) is 1.95. The number of hydrogen-bond acceptors (Lipinski definition) is 6. The van der Waals surface area contributed by atoms with E-state index in [4.69, 9.17) is 11.5 Å². The molecular formula is C20H22N6. The second-order valence-corrected chi connectivity index (χ2v) is 6.59. The Morgan fingerprint density at radius 3 is 2.35 bits per heavy atom. The first kappa shape index (κ1) is 16.5. The Hall–Kier alpha value is -2.99. The molecule has 1 atom stereocenters. The van der Waals surface area contributed by atoms with Gasteiger partial charge in [-0.05, 0) is 29.5 Å². The van der Waals surface area contributed by atoms with E-state index in [9.17, 15) is 0 Å². The number of aromatic nitrogens is 3. The molecule has 0 spiro atoms. The molecule has 2 aromatic carbocycles. The van der Waals surface area contributed by atoms with Gasteiger partial charge in [0.15, 0.2) is 0 Å². The molecule has 0 aliphatic carbocycles. The van der Waals surface area contributed by atoms with Gasteiger partial charge in [0.05, 0.1) is 6.54 Å². The van der Waals surface area contributed by atoms with Gasteiger partial charge in [-0.2, -0.15) is 15.0 Å². The van der Waals surface area contributed by atoms with Gasteiger partial charge in [0.1, 0.15) is 5.82 Å². The quantitative estimate of drug-likeness (QED) is 0.753. The van der Waals surface area contributed by atoms with Gasteiger partial charge in [0.2, 0.25) is 11.9 Å². The highest BCUT2D eigenvalue weighted by atomic mass is 15.2. The summed E-state index contributed by atoms with van der Waals surface area (Å²) in [5, 5.41) is 0. The van der Waals surface area contributed by atoms with Crippen LogP contribution in [0, 0.1) is 0 Å². The van der Waals surface area contributed by atoms with Gasteiger partial charge < -0.3 is 11.5 Å². The minimum atomic E-state index is 0.171. The fraction of sp³-hybridized carbons (Fsp3) is 0.250. The van der Waals surface area contributed by atoms with E-state index in [-0.39, 0.29) is 17.9 Å². The fourth-order valence-electron chi connectivity index (χ4n) is 3.68. The van der Waals surface area contributed by atoms with Gasteiger partial charge in [0, 0.05) is 12.6 Å². The van der Waals surface area contributed by atoms with Crippen molar-refractivity contribution in [3.8, 4) is 0 Å². The molecule has 0 unspecified atom stereocenters. The number of benzene rings is 2. The van der Waals surface area contributed by atoms with Crippen LogP contribution in [-0.4, -0.2) is 26.4 Å². The van der Waals surface area contributed by atoms with Crippen molar-refractivity contribution in [3.05, 3.63) is 77.1 Å². The van der Waals surface area contributed by atoms with Crippen molar-refractivity contribution in [1.82, 2.24) is 19.9 Å². The lowest BCUT2D eigenvalue weighted by Crippen LogP contribution is -2.36. The minimum absolute atomic E-state index is 0.171. The zero-order valence-electron chi connectivity index (χ0n) is 14.5. The molecule has 3 aromatic rings. The summed E-state index contributed by atoms with van der Waals surface area (Å²) in [5.74, 6) is 0.960. The van der Waals surface area contributed by atoms with E-state index in [2.05, 4.69) is 68.4 Å². The molecule has 4 rings (SSSR count). The fourth-order valence-corrected chi connectivity index (χ4v) is 3.68. The minimum Gasteiger partial charge on any atom is -0.368 e. The summed E-state index contributed by atoms with van der Waals surface area (Å²) in [6, 6.07) is 19.5. The molecule has 6 heteroatoms. The normalized spacial score (nSPS) is 17.0. The molecule has 2 heterocycles. The van der Waals surface area contributed by atoms with E-state index in [0.717, 1.165) is 19.4 Å². The summed E-state index contributed by atoms with van der Waals surface area (Å²) >= 11 is 0. The second-order valence-electron chi connectivity index (χ2n) is 6.59. The van der Waals surface area contributed by atoms with E-state index in [0.29, 0.717) is 12.4 Å².